The minimum Gasteiger partial charge on any atom is -0.478 e. The molecule has 2 aromatic carbocycles. The molecule has 98 valence electrons. The van der Waals surface area contributed by atoms with Gasteiger partial charge in [-0.25, -0.2) is 4.79 Å². The number of rotatable bonds is 4. The smallest absolute Gasteiger partial charge is 0.335 e. The van der Waals surface area contributed by atoms with Crippen molar-refractivity contribution in [3.8, 4) is 0 Å². The van der Waals surface area contributed by atoms with Gasteiger partial charge in [-0.2, -0.15) is 0 Å². The molecule has 0 aliphatic heterocycles. The van der Waals surface area contributed by atoms with Gasteiger partial charge in [0.1, 0.15) is 0 Å². The molecule has 0 unspecified atom stereocenters. The van der Waals surface area contributed by atoms with Crippen molar-refractivity contribution in [2.45, 2.75) is 23.1 Å². The summed E-state index contributed by atoms with van der Waals surface area (Å²) in [5, 5.41) is 8.94. The topological polar surface area (TPSA) is 37.3 Å². The quantitative estimate of drug-likeness (QED) is 0.777. The van der Waals surface area contributed by atoms with Crippen molar-refractivity contribution < 1.29 is 9.90 Å². The molecule has 0 saturated heterocycles. The molecule has 0 bridgehead atoms. The molecule has 4 heteroatoms. The zero-order chi connectivity index (χ0) is 13.8. The molecule has 1 N–H and O–H groups in total. The molecule has 19 heavy (non-hydrogen) atoms. The summed E-state index contributed by atoms with van der Waals surface area (Å²) in [5.41, 5.74) is 1.65. The SMILES string of the molecule is CCc1ccc(Sc2ccc(C(=O)O)cc2I)cc1. The Kier molecular flexibility index (Phi) is 4.87. The van der Waals surface area contributed by atoms with Gasteiger partial charge in [-0.15, -0.1) is 0 Å². The summed E-state index contributed by atoms with van der Waals surface area (Å²) in [6.07, 6.45) is 1.04. The summed E-state index contributed by atoms with van der Waals surface area (Å²) in [6, 6.07) is 13.7. The summed E-state index contributed by atoms with van der Waals surface area (Å²) in [4.78, 5) is 13.1. The number of carbonyl (C=O) groups is 1. The normalized spacial score (nSPS) is 10.4. The van der Waals surface area contributed by atoms with Crippen molar-refractivity contribution in [1.82, 2.24) is 0 Å². The number of hydrogen-bond acceptors (Lipinski definition) is 2. The van der Waals surface area contributed by atoms with Gasteiger partial charge >= 0.3 is 5.97 Å². The molecule has 2 aromatic rings. The third-order valence-electron chi connectivity index (χ3n) is 2.74. The second-order valence-electron chi connectivity index (χ2n) is 4.05. The van der Waals surface area contributed by atoms with E-state index in [4.69, 9.17) is 5.11 Å². The second kappa shape index (κ2) is 6.43. The summed E-state index contributed by atoms with van der Waals surface area (Å²) < 4.78 is 0.960. The monoisotopic (exact) mass is 384 g/mol. The van der Waals surface area contributed by atoms with Gasteiger partial charge in [-0.1, -0.05) is 30.8 Å². The van der Waals surface area contributed by atoms with Gasteiger partial charge < -0.3 is 5.11 Å². The predicted octanol–water partition coefficient (Wildman–Crippen LogP) is 4.70. The average Bonchev–Trinajstić information content (AvgIpc) is 2.41. The Balaban J connectivity index is 2.20. The molecule has 0 saturated carbocycles. The Bertz CT molecular complexity index is 594. The molecule has 2 rings (SSSR count). The third kappa shape index (κ3) is 3.73. The molecule has 0 aliphatic rings. The van der Waals surface area contributed by atoms with Crippen LogP contribution in [-0.2, 0) is 6.42 Å². The van der Waals surface area contributed by atoms with Crippen LogP contribution >= 0.6 is 34.4 Å². The average molecular weight is 384 g/mol. The lowest BCUT2D eigenvalue weighted by molar-refractivity contribution is 0.0696. The number of benzene rings is 2. The molecule has 0 atom stereocenters. The summed E-state index contributed by atoms with van der Waals surface area (Å²) in [7, 11) is 0. The van der Waals surface area contributed by atoms with Gasteiger partial charge in [0, 0.05) is 13.4 Å². The number of aromatic carboxylic acids is 1. The van der Waals surface area contributed by atoms with Crippen molar-refractivity contribution in [3.63, 3.8) is 0 Å². The fraction of sp³-hybridized carbons (Fsp3) is 0.133. The number of carboxylic acids is 1. The molecule has 0 aromatic heterocycles. The number of halogens is 1. The fourth-order valence-corrected chi connectivity index (χ4v) is 3.30. The first-order valence-electron chi connectivity index (χ1n) is 5.90. The summed E-state index contributed by atoms with van der Waals surface area (Å²) >= 11 is 3.83. The lowest BCUT2D eigenvalue weighted by atomic mass is 10.2. The highest BCUT2D eigenvalue weighted by Crippen LogP contribution is 2.32. The molecule has 0 radical (unpaired) electrons. The highest BCUT2D eigenvalue weighted by atomic mass is 127. The first-order valence-corrected chi connectivity index (χ1v) is 7.79. The fourth-order valence-electron chi connectivity index (χ4n) is 1.64. The van der Waals surface area contributed by atoms with E-state index in [1.807, 2.05) is 6.07 Å². The van der Waals surface area contributed by atoms with Gasteiger partial charge in [-0.05, 0) is 64.9 Å². The van der Waals surface area contributed by atoms with E-state index >= 15 is 0 Å². The van der Waals surface area contributed by atoms with E-state index in [1.165, 1.54) is 5.56 Å². The van der Waals surface area contributed by atoms with Crippen molar-refractivity contribution in [2.75, 3.05) is 0 Å². The van der Waals surface area contributed by atoms with E-state index in [0.29, 0.717) is 5.56 Å². The summed E-state index contributed by atoms with van der Waals surface area (Å²) in [6.45, 7) is 2.13. The largest absolute Gasteiger partial charge is 0.478 e. The van der Waals surface area contributed by atoms with Crippen LogP contribution in [-0.4, -0.2) is 11.1 Å². The van der Waals surface area contributed by atoms with E-state index in [2.05, 4.69) is 53.8 Å². The van der Waals surface area contributed by atoms with E-state index in [9.17, 15) is 4.79 Å². The van der Waals surface area contributed by atoms with Gasteiger partial charge in [0.05, 0.1) is 5.56 Å². The maximum Gasteiger partial charge on any atom is 0.335 e. The molecular formula is C15H13IO2S. The first-order chi connectivity index (χ1) is 9.10. The Labute approximate surface area is 130 Å². The summed E-state index contributed by atoms with van der Waals surface area (Å²) in [5.74, 6) is -0.887. The van der Waals surface area contributed by atoms with Crippen molar-refractivity contribution in [3.05, 3.63) is 57.2 Å². The Morgan fingerprint density at radius 1 is 1.21 bits per heavy atom. The Morgan fingerprint density at radius 3 is 2.42 bits per heavy atom. The van der Waals surface area contributed by atoms with Crippen LogP contribution in [0.2, 0.25) is 0 Å². The van der Waals surface area contributed by atoms with Crippen LogP contribution in [0, 0.1) is 3.57 Å². The van der Waals surface area contributed by atoms with Crippen molar-refractivity contribution >= 4 is 40.3 Å². The standard InChI is InChI=1S/C15H13IO2S/c1-2-10-3-6-12(7-4-10)19-14-8-5-11(15(17)18)9-13(14)16/h3-9H,2H2,1H3,(H,17,18). The maximum absolute atomic E-state index is 10.9. The molecule has 0 amide bonds. The third-order valence-corrected chi connectivity index (χ3v) is 5.08. The van der Waals surface area contributed by atoms with Crippen LogP contribution in [0.1, 0.15) is 22.8 Å². The highest BCUT2D eigenvalue weighted by Gasteiger charge is 2.07. The lowest BCUT2D eigenvalue weighted by Gasteiger charge is -2.06. The van der Waals surface area contributed by atoms with Crippen molar-refractivity contribution in [2.24, 2.45) is 0 Å². The number of hydrogen-bond donors (Lipinski definition) is 1. The van der Waals surface area contributed by atoms with Crippen LogP contribution in [0.25, 0.3) is 0 Å². The van der Waals surface area contributed by atoms with Gasteiger partial charge in [0.15, 0.2) is 0 Å². The predicted molar refractivity (Wildman–Crippen MR) is 86.1 cm³/mol. The Hall–Kier alpha value is -1.01. The van der Waals surface area contributed by atoms with E-state index < -0.39 is 5.97 Å². The van der Waals surface area contributed by atoms with Gasteiger partial charge in [0.25, 0.3) is 0 Å². The van der Waals surface area contributed by atoms with Crippen molar-refractivity contribution in [1.29, 1.82) is 0 Å². The van der Waals surface area contributed by atoms with Crippen LogP contribution in [0.15, 0.2) is 52.3 Å². The van der Waals surface area contributed by atoms with Gasteiger partial charge in [-0.3, -0.25) is 0 Å². The maximum atomic E-state index is 10.9. The molecule has 2 nitrogen and oxygen atoms in total. The first kappa shape index (κ1) is 14.4. The molecule has 0 heterocycles. The minimum atomic E-state index is -0.887. The molecular weight excluding hydrogens is 371 g/mol. The Morgan fingerprint density at radius 2 is 1.89 bits per heavy atom. The van der Waals surface area contributed by atoms with Gasteiger partial charge in [0.2, 0.25) is 0 Å². The van der Waals surface area contributed by atoms with E-state index in [-0.39, 0.29) is 0 Å². The number of carboxylic acid groups (broad SMARTS) is 1. The van der Waals surface area contributed by atoms with Crippen LogP contribution < -0.4 is 0 Å². The highest BCUT2D eigenvalue weighted by molar-refractivity contribution is 14.1. The molecule has 0 aliphatic carbocycles. The van der Waals surface area contributed by atoms with Crippen LogP contribution in [0.5, 0.6) is 0 Å². The zero-order valence-electron chi connectivity index (χ0n) is 10.4. The van der Waals surface area contributed by atoms with Crippen LogP contribution in [0.4, 0.5) is 0 Å². The molecule has 0 spiro atoms. The minimum absolute atomic E-state index is 0.329. The lowest BCUT2D eigenvalue weighted by Crippen LogP contribution is -1.96. The second-order valence-corrected chi connectivity index (χ2v) is 6.33. The number of aryl methyl sites for hydroxylation is 1. The van der Waals surface area contributed by atoms with E-state index in [1.54, 1.807) is 23.9 Å². The van der Waals surface area contributed by atoms with E-state index in [0.717, 1.165) is 19.8 Å². The zero-order valence-corrected chi connectivity index (χ0v) is 13.4. The van der Waals surface area contributed by atoms with Crippen LogP contribution in [0.3, 0.4) is 0 Å². The molecule has 0 fully saturated rings.